The second kappa shape index (κ2) is 6.74. The summed E-state index contributed by atoms with van der Waals surface area (Å²) in [6, 6.07) is 11.9. The molecule has 2 aromatic carbocycles. The standard InChI is InChI=1S/C19H18FN3O/c1-12-13(2)22-18-11-15(8-9-17(18)21-12)23-19(24)10-7-14-5-3-4-6-16(14)20/h3-6,8-9,11H,7,10H2,1-2H3,(H,23,24). The van der Waals surface area contributed by atoms with Gasteiger partial charge in [-0.15, -0.1) is 0 Å². The summed E-state index contributed by atoms with van der Waals surface area (Å²) >= 11 is 0. The zero-order valence-corrected chi connectivity index (χ0v) is 13.6. The van der Waals surface area contributed by atoms with Gasteiger partial charge in [-0.25, -0.2) is 14.4 Å². The summed E-state index contributed by atoms with van der Waals surface area (Å²) in [6.07, 6.45) is 0.585. The van der Waals surface area contributed by atoms with Crippen molar-refractivity contribution in [2.75, 3.05) is 5.32 Å². The maximum Gasteiger partial charge on any atom is 0.224 e. The lowest BCUT2D eigenvalue weighted by atomic mass is 10.1. The zero-order chi connectivity index (χ0) is 17.1. The van der Waals surface area contributed by atoms with E-state index < -0.39 is 0 Å². The Morgan fingerprint density at radius 1 is 1.04 bits per heavy atom. The highest BCUT2D eigenvalue weighted by atomic mass is 19.1. The van der Waals surface area contributed by atoms with Gasteiger partial charge in [-0.2, -0.15) is 0 Å². The summed E-state index contributed by atoms with van der Waals surface area (Å²) in [5.74, 6) is -0.438. The van der Waals surface area contributed by atoms with Gasteiger partial charge in [-0.3, -0.25) is 4.79 Å². The number of carbonyl (C=O) groups is 1. The van der Waals surface area contributed by atoms with E-state index >= 15 is 0 Å². The molecule has 0 radical (unpaired) electrons. The lowest BCUT2D eigenvalue weighted by molar-refractivity contribution is -0.116. The maximum absolute atomic E-state index is 13.6. The second-order valence-electron chi connectivity index (χ2n) is 5.74. The molecule has 1 aromatic heterocycles. The summed E-state index contributed by atoms with van der Waals surface area (Å²) < 4.78 is 13.6. The Bertz CT molecular complexity index is 908. The van der Waals surface area contributed by atoms with Gasteiger partial charge in [0.1, 0.15) is 5.82 Å². The molecule has 24 heavy (non-hydrogen) atoms. The molecule has 0 saturated heterocycles. The lowest BCUT2D eigenvalue weighted by Gasteiger charge is -2.08. The number of rotatable bonds is 4. The molecule has 4 nitrogen and oxygen atoms in total. The molecule has 0 saturated carbocycles. The molecule has 1 N–H and O–H groups in total. The Labute approximate surface area is 139 Å². The van der Waals surface area contributed by atoms with Gasteiger partial charge in [-0.05, 0) is 50.1 Å². The lowest BCUT2D eigenvalue weighted by Crippen LogP contribution is -2.12. The van der Waals surface area contributed by atoms with Gasteiger partial charge in [0.15, 0.2) is 0 Å². The first kappa shape index (κ1) is 16.1. The van der Waals surface area contributed by atoms with Crippen molar-refractivity contribution >= 4 is 22.6 Å². The van der Waals surface area contributed by atoms with Crippen LogP contribution in [0.2, 0.25) is 0 Å². The van der Waals surface area contributed by atoms with E-state index in [2.05, 4.69) is 15.3 Å². The van der Waals surface area contributed by atoms with Crippen molar-refractivity contribution in [1.29, 1.82) is 0 Å². The van der Waals surface area contributed by atoms with E-state index in [9.17, 15) is 9.18 Å². The topological polar surface area (TPSA) is 54.9 Å². The third kappa shape index (κ3) is 3.56. The fraction of sp³-hybridized carbons (Fsp3) is 0.211. The average Bonchev–Trinajstić information content (AvgIpc) is 2.55. The third-order valence-electron chi connectivity index (χ3n) is 3.94. The number of fused-ring (bicyclic) bond motifs is 1. The van der Waals surface area contributed by atoms with Crippen molar-refractivity contribution in [3.05, 3.63) is 65.2 Å². The van der Waals surface area contributed by atoms with Crippen molar-refractivity contribution in [2.45, 2.75) is 26.7 Å². The van der Waals surface area contributed by atoms with Crippen molar-refractivity contribution < 1.29 is 9.18 Å². The van der Waals surface area contributed by atoms with E-state index in [1.54, 1.807) is 30.3 Å². The molecule has 0 fully saturated rings. The minimum Gasteiger partial charge on any atom is -0.326 e. The Morgan fingerprint density at radius 3 is 2.50 bits per heavy atom. The minimum atomic E-state index is -0.280. The highest BCUT2D eigenvalue weighted by Gasteiger charge is 2.08. The predicted molar refractivity (Wildman–Crippen MR) is 92.4 cm³/mol. The van der Waals surface area contributed by atoms with Crippen LogP contribution in [0.5, 0.6) is 0 Å². The summed E-state index contributed by atoms with van der Waals surface area (Å²) in [4.78, 5) is 21.0. The molecule has 1 amide bonds. The van der Waals surface area contributed by atoms with Crippen LogP contribution >= 0.6 is 0 Å². The van der Waals surface area contributed by atoms with E-state index in [-0.39, 0.29) is 18.1 Å². The molecule has 3 aromatic rings. The van der Waals surface area contributed by atoms with Crippen molar-refractivity contribution in [3.8, 4) is 0 Å². The molecule has 0 atom stereocenters. The van der Waals surface area contributed by atoms with E-state index in [0.29, 0.717) is 17.7 Å². The zero-order valence-electron chi connectivity index (χ0n) is 13.6. The minimum absolute atomic E-state index is 0.158. The first-order valence-corrected chi connectivity index (χ1v) is 7.81. The van der Waals surface area contributed by atoms with Crippen LogP contribution in [-0.4, -0.2) is 15.9 Å². The van der Waals surface area contributed by atoms with Crippen LogP contribution in [0.15, 0.2) is 42.5 Å². The van der Waals surface area contributed by atoms with Gasteiger partial charge in [0.25, 0.3) is 0 Å². The van der Waals surface area contributed by atoms with Gasteiger partial charge in [0, 0.05) is 12.1 Å². The molecule has 1 heterocycles. The molecule has 0 aliphatic rings. The van der Waals surface area contributed by atoms with Gasteiger partial charge in [-0.1, -0.05) is 18.2 Å². The Hall–Kier alpha value is -2.82. The van der Waals surface area contributed by atoms with Crippen LogP contribution < -0.4 is 5.32 Å². The quantitative estimate of drug-likeness (QED) is 0.791. The molecule has 5 heteroatoms. The first-order chi connectivity index (χ1) is 11.5. The smallest absolute Gasteiger partial charge is 0.224 e. The second-order valence-corrected chi connectivity index (χ2v) is 5.74. The average molecular weight is 323 g/mol. The molecule has 0 bridgehead atoms. The van der Waals surface area contributed by atoms with Gasteiger partial charge in [0.2, 0.25) is 5.91 Å². The van der Waals surface area contributed by atoms with E-state index in [0.717, 1.165) is 22.4 Å². The largest absolute Gasteiger partial charge is 0.326 e. The summed E-state index contributed by atoms with van der Waals surface area (Å²) in [5, 5.41) is 2.83. The van der Waals surface area contributed by atoms with Crippen molar-refractivity contribution in [3.63, 3.8) is 0 Å². The number of amides is 1. The van der Waals surface area contributed by atoms with E-state index in [4.69, 9.17) is 0 Å². The number of nitrogens with zero attached hydrogens (tertiary/aromatic N) is 2. The highest BCUT2D eigenvalue weighted by molar-refractivity contribution is 5.93. The summed E-state index contributed by atoms with van der Waals surface area (Å²) in [5.41, 5.74) is 4.50. The number of hydrogen-bond donors (Lipinski definition) is 1. The van der Waals surface area contributed by atoms with Crippen LogP contribution in [0.25, 0.3) is 11.0 Å². The van der Waals surface area contributed by atoms with E-state index in [1.165, 1.54) is 6.07 Å². The maximum atomic E-state index is 13.6. The number of nitrogens with one attached hydrogen (secondary N) is 1. The molecular formula is C19H18FN3O. The third-order valence-corrected chi connectivity index (χ3v) is 3.94. The fourth-order valence-electron chi connectivity index (χ4n) is 2.48. The van der Waals surface area contributed by atoms with Crippen LogP contribution in [0.4, 0.5) is 10.1 Å². The summed E-state index contributed by atoms with van der Waals surface area (Å²) in [7, 11) is 0. The number of benzene rings is 2. The number of carbonyl (C=O) groups excluding carboxylic acids is 1. The van der Waals surface area contributed by atoms with Crippen LogP contribution in [0.3, 0.4) is 0 Å². The van der Waals surface area contributed by atoms with Gasteiger partial charge < -0.3 is 5.32 Å². The monoisotopic (exact) mass is 323 g/mol. The number of aryl methyl sites for hydroxylation is 3. The number of halogens is 1. The molecular weight excluding hydrogens is 305 g/mol. The highest BCUT2D eigenvalue weighted by Crippen LogP contribution is 2.18. The van der Waals surface area contributed by atoms with Crippen molar-refractivity contribution in [2.24, 2.45) is 0 Å². The Balaban J connectivity index is 1.69. The molecule has 0 unspecified atom stereocenters. The van der Waals surface area contributed by atoms with Gasteiger partial charge >= 0.3 is 0 Å². The van der Waals surface area contributed by atoms with Crippen LogP contribution in [-0.2, 0) is 11.2 Å². The first-order valence-electron chi connectivity index (χ1n) is 7.81. The van der Waals surface area contributed by atoms with E-state index in [1.807, 2.05) is 19.9 Å². The predicted octanol–water partition coefficient (Wildman–Crippen LogP) is 3.96. The molecule has 0 spiro atoms. The fourth-order valence-corrected chi connectivity index (χ4v) is 2.48. The Kier molecular flexibility index (Phi) is 4.51. The number of aromatic nitrogens is 2. The normalized spacial score (nSPS) is 10.8. The SMILES string of the molecule is Cc1nc2ccc(NC(=O)CCc3ccccc3F)cc2nc1C. The number of anilines is 1. The van der Waals surface area contributed by atoms with Crippen LogP contribution in [0.1, 0.15) is 23.4 Å². The van der Waals surface area contributed by atoms with Gasteiger partial charge in [0.05, 0.1) is 22.4 Å². The molecule has 0 aliphatic carbocycles. The van der Waals surface area contributed by atoms with Crippen LogP contribution in [0, 0.1) is 19.7 Å². The summed E-state index contributed by atoms with van der Waals surface area (Å²) in [6.45, 7) is 3.82. The Morgan fingerprint density at radius 2 is 1.75 bits per heavy atom. The van der Waals surface area contributed by atoms with Crippen molar-refractivity contribution in [1.82, 2.24) is 9.97 Å². The molecule has 3 rings (SSSR count). The molecule has 0 aliphatic heterocycles. The number of hydrogen-bond acceptors (Lipinski definition) is 3. The molecule has 122 valence electrons.